The van der Waals surface area contributed by atoms with Gasteiger partial charge in [0.05, 0.1) is 5.69 Å². The molecule has 0 saturated carbocycles. The fourth-order valence-electron chi connectivity index (χ4n) is 3.74. The van der Waals surface area contributed by atoms with E-state index >= 15 is 0 Å². The first-order chi connectivity index (χ1) is 13.9. The Bertz CT molecular complexity index is 1210. The molecular formula is C23H21N3O2S. The third kappa shape index (κ3) is 3.25. The molecular weight excluding hydrogens is 382 g/mol. The van der Waals surface area contributed by atoms with Gasteiger partial charge in [-0.25, -0.2) is 0 Å². The van der Waals surface area contributed by atoms with Gasteiger partial charge in [0.25, 0.3) is 11.8 Å². The zero-order valence-electron chi connectivity index (χ0n) is 16.5. The molecule has 1 aliphatic rings. The number of rotatable bonds is 3. The number of carbonyl (C=O) groups excluding carboxylic acids is 2. The smallest absolute Gasteiger partial charge is 0.270 e. The number of amides is 2. The molecule has 0 unspecified atom stereocenters. The van der Waals surface area contributed by atoms with Crippen molar-refractivity contribution in [3.05, 3.63) is 70.9 Å². The molecule has 146 valence electrons. The van der Waals surface area contributed by atoms with Gasteiger partial charge in [0.15, 0.2) is 5.11 Å². The third-order valence-electron chi connectivity index (χ3n) is 5.15. The van der Waals surface area contributed by atoms with Crippen LogP contribution in [0.1, 0.15) is 23.6 Å². The summed E-state index contributed by atoms with van der Waals surface area (Å²) in [7, 11) is 0. The van der Waals surface area contributed by atoms with Crippen molar-refractivity contribution in [3.63, 3.8) is 0 Å². The van der Waals surface area contributed by atoms with Crippen LogP contribution in [0.2, 0.25) is 0 Å². The number of nitrogens with one attached hydrogen (secondary N) is 1. The lowest BCUT2D eigenvalue weighted by Crippen LogP contribution is -2.54. The Hall–Kier alpha value is -3.25. The minimum Gasteiger partial charge on any atom is -0.347 e. The molecule has 4 rings (SSSR count). The highest BCUT2D eigenvalue weighted by atomic mass is 32.1. The van der Waals surface area contributed by atoms with Crippen molar-refractivity contribution in [1.82, 2.24) is 9.88 Å². The van der Waals surface area contributed by atoms with Crippen LogP contribution in [-0.4, -0.2) is 21.5 Å². The summed E-state index contributed by atoms with van der Waals surface area (Å²) in [4.78, 5) is 27.3. The topological polar surface area (TPSA) is 54.3 Å². The van der Waals surface area contributed by atoms with Crippen LogP contribution in [0, 0.1) is 13.8 Å². The van der Waals surface area contributed by atoms with Crippen LogP contribution >= 0.6 is 12.2 Å². The van der Waals surface area contributed by atoms with Crippen LogP contribution in [0.3, 0.4) is 0 Å². The molecule has 0 aliphatic carbocycles. The van der Waals surface area contributed by atoms with E-state index in [1.807, 2.05) is 62.5 Å². The zero-order chi connectivity index (χ0) is 20.7. The van der Waals surface area contributed by atoms with Crippen LogP contribution in [0.4, 0.5) is 5.69 Å². The number of nitrogens with zero attached hydrogens (tertiary/aromatic N) is 2. The number of hydrogen-bond acceptors (Lipinski definition) is 3. The molecule has 1 N–H and O–H groups in total. The Morgan fingerprint density at radius 2 is 1.86 bits per heavy atom. The number of hydrogen-bond donors (Lipinski definition) is 1. The quantitative estimate of drug-likeness (QED) is 0.407. The maximum atomic E-state index is 13.3. The minimum absolute atomic E-state index is 0.0672. The molecule has 2 amide bonds. The van der Waals surface area contributed by atoms with Gasteiger partial charge in [0.1, 0.15) is 5.57 Å². The number of anilines is 1. The van der Waals surface area contributed by atoms with Crippen molar-refractivity contribution >= 4 is 51.8 Å². The summed E-state index contributed by atoms with van der Waals surface area (Å²) >= 11 is 5.32. The molecule has 0 radical (unpaired) electrons. The molecule has 0 bridgehead atoms. The van der Waals surface area contributed by atoms with E-state index in [1.54, 1.807) is 6.08 Å². The van der Waals surface area contributed by atoms with Crippen LogP contribution in [0.25, 0.3) is 17.0 Å². The van der Waals surface area contributed by atoms with E-state index in [-0.39, 0.29) is 10.7 Å². The predicted molar refractivity (Wildman–Crippen MR) is 120 cm³/mol. The van der Waals surface area contributed by atoms with Crippen LogP contribution < -0.4 is 10.2 Å². The van der Waals surface area contributed by atoms with Crippen molar-refractivity contribution < 1.29 is 9.59 Å². The highest BCUT2D eigenvalue weighted by molar-refractivity contribution is 7.80. The first-order valence-corrected chi connectivity index (χ1v) is 9.88. The fourth-order valence-corrected chi connectivity index (χ4v) is 4.01. The van der Waals surface area contributed by atoms with E-state index in [9.17, 15) is 9.59 Å². The van der Waals surface area contributed by atoms with Gasteiger partial charge in [-0.15, -0.1) is 0 Å². The van der Waals surface area contributed by atoms with Gasteiger partial charge in [-0.1, -0.05) is 35.9 Å². The van der Waals surface area contributed by atoms with Crippen LogP contribution in [-0.2, 0) is 16.1 Å². The molecule has 29 heavy (non-hydrogen) atoms. The third-order valence-corrected chi connectivity index (χ3v) is 5.44. The number of aromatic nitrogens is 1. The maximum Gasteiger partial charge on any atom is 0.270 e. The summed E-state index contributed by atoms with van der Waals surface area (Å²) in [5, 5.41) is 3.75. The molecule has 1 aromatic heterocycles. The monoisotopic (exact) mass is 403 g/mol. The lowest BCUT2D eigenvalue weighted by Gasteiger charge is -2.30. The first kappa shape index (κ1) is 19.1. The van der Waals surface area contributed by atoms with Crippen molar-refractivity contribution in [1.29, 1.82) is 0 Å². The lowest BCUT2D eigenvalue weighted by atomic mass is 10.0. The molecule has 1 fully saturated rings. The minimum atomic E-state index is -0.477. The summed E-state index contributed by atoms with van der Waals surface area (Å²) in [5.41, 5.74) is 4.64. The van der Waals surface area contributed by atoms with Crippen LogP contribution in [0.5, 0.6) is 0 Å². The predicted octanol–water partition coefficient (Wildman–Crippen LogP) is 4.11. The Balaban J connectivity index is 1.83. The Kier molecular flexibility index (Phi) is 4.80. The van der Waals surface area contributed by atoms with E-state index in [2.05, 4.69) is 16.8 Å². The SMILES string of the molecule is CCn1cc(/C=C2/C(=O)NC(=S)N(c3ccc(C)cc3C)C2=O)c2ccccc21. The second-order valence-corrected chi connectivity index (χ2v) is 7.52. The van der Waals surface area contributed by atoms with E-state index in [1.165, 1.54) is 4.90 Å². The Morgan fingerprint density at radius 1 is 1.10 bits per heavy atom. The summed E-state index contributed by atoms with van der Waals surface area (Å²) in [6.07, 6.45) is 3.62. The molecule has 0 atom stereocenters. The van der Waals surface area contributed by atoms with Crippen molar-refractivity contribution in [2.75, 3.05) is 4.90 Å². The molecule has 0 spiro atoms. The van der Waals surface area contributed by atoms with E-state index in [0.717, 1.165) is 34.1 Å². The molecule has 6 heteroatoms. The second-order valence-electron chi connectivity index (χ2n) is 7.14. The standard InChI is InChI=1S/C23H21N3O2S/c1-4-25-13-16(17-7-5-6-8-20(17)25)12-18-21(27)24-23(29)26(22(18)28)19-10-9-14(2)11-15(19)3/h5-13H,4H2,1-3H3,(H,24,27,29)/b18-12-. The first-order valence-electron chi connectivity index (χ1n) is 9.47. The zero-order valence-corrected chi connectivity index (χ0v) is 17.3. The van der Waals surface area contributed by atoms with Gasteiger partial charge in [-0.2, -0.15) is 0 Å². The largest absolute Gasteiger partial charge is 0.347 e. The number of para-hydroxylation sites is 1. The molecule has 3 aromatic rings. The second kappa shape index (κ2) is 7.29. The number of fused-ring (bicyclic) bond motifs is 1. The fraction of sp³-hybridized carbons (Fsp3) is 0.174. The molecule has 1 saturated heterocycles. The van der Waals surface area contributed by atoms with Gasteiger partial charge in [0, 0.05) is 29.2 Å². The van der Waals surface area contributed by atoms with E-state index in [4.69, 9.17) is 12.2 Å². The van der Waals surface area contributed by atoms with E-state index in [0.29, 0.717) is 5.69 Å². The summed E-state index contributed by atoms with van der Waals surface area (Å²) in [5.74, 6) is -0.895. The summed E-state index contributed by atoms with van der Waals surface area (Å²) in [6, 6.07) is 13.7. The maximum absolute atomic E-state index is 13.3. The molecule has 2 heterocycles. The number of thiocarbonyl (C=S) groups is 1. The van der Waals surface area contributed by atoms with Gasteiger partial charge in [-0.3, -0.25) is 19.8 Å². The average molecular weight is 404 g/mol. The highest BCUT2D eigenvalue weighted by Gasteiger charge is 2.35. The van der Waals surface area contributed by atoms with Gasteiger partial charge in [0.2, 0.25) is 0 Å². The van der Waals surface area contributed by atoms with Crippen molar-refractivity contribution in [3.8, 4) is 0 Å². The Labute approximate surface area is 174 Å². The molecule has 2 aromatic carbocycles. The molecule has 5 nitrogen and oxygen atoms in total. The van der Waals surface area contributed by atoms with Gasteiger partial charge >= 0.3 is 0 Å². The number of carbonyl (C=O) groups is 2. The normalized spacial score (nSPS) is 16.0. The molecule has 1 aliphatic heterocycles. The lowest BCUT2D eigenvalue weighted by molar-refractivity contribution is -0.122. The van der Waals surface area contributed by atoms with E-state index < -0.39 is 11.8 Å². The van der Waals surface area contributed by atoms with Gasteiger partial charge < -0.3 is 4.57 Å². The van der Waals surface area contributed by atoms with Crippen molar-refractivity contribution in [2.24, 2.45) is 0 Å². The van der Waals surface area contributed by atoms with Gasteiger partial charge in [-0.05, 0) is 56.8 Å². The highest BCUT2D eigenvalue weighted by Crippen LogP contribution is 2.28. The van der Waals surface area contributed by atoms with Crippen molar-refractivity contribution in [2.45, 2.75) is 27.3 Å². The summed E-state index contributed by atoms with van der Waals surface area (Å²) < 4.78 is 2.10. The summed E-state index contributed by atoms with van der Waals surface area (Å²) in [6.45, 7) is 6.77. The Morgan fingerprint density at radius 3 is 2.59 bits per heavy atom. The number of benzene rings is 2. The average Bonchev–Trinajstić information content (AvgIpc) is 3.04. The number of aryl methyl sites for hydroxylation is 3. The van der Waals surface area contributed by atoms with Crippen LogP contribution in [0.15, 0.2) is 54.2 Å².